The third-order valence-electron chi connectivity index (χ3n) is 10.4. The Morgan fingerprint density at radius 3 is 1.57 bits per heavy atom. The predicted octanol–water partition coefficient (Wildman–Crippen LogP) is 14.4. The molecule has 1 unspecified atom stereocenters. The molecule has 0 radical (unpaired) electrons. The molecule has 0 saturated heterocycles. The van der Waals surface area contributed by atoms with E-state index in [1.54, 1.807) is 0 Å². The van der Waals surface area contributed by atoms with Gasteiger partial charge < -0.3 is 4.90 Å². The lowest BCUT2D eigenvalue weighted by Gasteiger charge is -2.27. The number of fused-ring (bicyclic) bond motifs is 1. The molecule has 0 aliphatic heterocycles. The fraction of sp³-hybridized carbons (Fsp3) is 0.0385. The summed E-state index contributed by atoms with van der Waals surface area (Å²) >= 11 is 0. The van der Waals surface area contributed by atoms with Crippen molar-refractivity contribution in [3.05, 3.63) is 230 Å². The Morgan fingerprint density at radius 1 is 0.396 bits per heavy atom. The van der Waals surface area contributed by atoms with Crippen LogP contribution in [0.2, 0.25) is 0 Å². The van der Waals surface area contributed by atoms with Gasteiger partial charge in [-0.25, -0.2) is 0 Å². The summed E-state index contributed by atoms with van der Waals surface area (Å²) in [6.45, 7) is 0. The van der Waals surface area contributed by atoms with Gasteiger partial charge in [-0.05, 0) is 110 Å². The lowest BCUT2D eigenvalue weighted by atomic mass is 9.88. The predicted molar refractivity (Wildman–Crippen MR) is 226 cm³/mol. The fourth-order valence-corrected chi connectivity index (χ4v) is 7.61. The van der Waals surface area contributed by atoms with E-state index in [1.165, 1.54) is 60.9 Å². The lowest BCUT2D eigenvalue weighted by Crippen LogP contribution is -2.10. The molecule has 0 spiro atoms. The lowest BCUT2D eigenvalue weighted by molar-refractivity contribution is 0.856. The minimum Gasteiger partial charge on any atom is -0.311 e. The van der Waals surface area contributed by atoms with Gasteiger partial charge in [0.25, 0.3) is 0 Å². The summed E-state index contributed by atoms with van der Waals surface area (Å²) in [6, 6.07) is 72.4. The summed E-state index contributed by atoms with van der Waals surface area (Å²) < 4.78 is 0. The molecule has 1 nitrogen and oxygen atoms in total. The van der Waals surface area contributed by atoms with Crippen LogP contribution in [0, 0.1) is 0 Å². The van der Waals surface area contributed by atoms with Crippen molar-refractivity contribution >= 4 is 33.4 Å². The summed E-state index contributed by atoms with van der Waals surface area (Å²) in [4.78, 5) is 2.36. The van der Waals surface area contributed by atoms with Crippen molar-refractivity contribution in [2.45, 2.75) is 12.3 Å². The molecule has 0 bridgehead atoms. The highest BCUT2D eigenvalue weighted by Crippen LogP contribution is 2.39. The smallest absolute Gasteiger partial charge is 0.0462 e. The molecule has 0 fully saturated rings. The summed E-state index contributed by atoms with van der Waals surface area (Å²) in [5, 5.41) is 2.53. The number of hydrogen-bond donors (Lipinski definition) is 0. The topological polar surface area (TPSA) is 3.24 Å². The van der Waals surface area contributed by atoms with Gasteiger partial charge in [0.1, 0.15) is 0 Å². The van der Waals surface area contributed by atoms with Crippen LogP contribution in [0.3, 0.4) is 0 Å². The normalized spacial score (nSPS) is 13.8. The molecule has 8 aromatic carbocycles. The third kappa shape index (κ3) is 6.73. The van der Waals surface area contributed by atoms with E-state index < -0.39 is 0 Å². The van der Waals surface area contributed by atoms with Crippen molar-refractivity contribution in [1.29, 1.82) is 0 Å². The fourth-order valence-electron chi connectivity index (χ4n) is 7.61. The molecule has 1 atom stereocenters. The van der Waals surface area contributed by atoms with Crippen LogP contribution >= 0.6 is 0 Å². The standard InChI is InChI=1S/C52H39N/c1-3-11-38(12-4-1)40-21-23-41(24-22-40)43-27-33-49(34-28-43)53(48-31-25-42(26-32-48)39-13-5-2-6-14-39)50-35-29-44(30-36-50)46-17-9-18-47(37-46)52-20-10-16-45-15-7-8-19-51(45)52/h1-23,25-37,41H,24H2. The highest BCUT2D eigenvalue weighted by Gasteiger charge is 2.16. The average molecular weight is 678 g/mol. The van der Waals surface area contributed by atoms with Crippen LogP contribution in [0.1, 0.15) is 23.5 Å². The van der Waals surface area contributed by atoms with E-state index in [-0.39, 0.29) is 0 Å². The van der Waals surface area contributed by atoms with E-state index in [9.17, 15) is 0 Å². The van der Waals surface area contributed by atoms with Crippen LogP contribution in [0.25, 0.3) is 49.7 Å². The average Bonchev–Trinajstić information content (AvgIpc) is 3.25. The second-order valence-corrected chi connectivity index (χ2v) is 13.7. The van der Waals surface area contributed by atoms with Crippen LogP contribution in [0.4, 0.5) is 17.1 Å². The molecule has 0 heterocycles. The quantitative estimate of drug-likeness (QED) is 0.155. The Balaban J connectivity index is 1.03. The first-order valence-electron chi connectivity index (χ1n) is 18.4. The largest absolute Gasteiger partial charge is 0.311 e. The van der Waals surface area contributed by atoms with Gasteiger partial charge in [-0.1, -0.05) is 176 Å². The first-order chi connectivity index (χ1) is 26.3. The van der Waals surface area contributed by atoms with Crippen LogP contribution in [-0.4, -0.2) is 0 Å². The van der Waals surface area contributed by atoms with E-state index in [4.69, 9.17) is 0 Å². The maximum absolute atomic E-state index is 2.37. The first-order valence-corrected chi connectivity index (χ1v) is 18.4. The van der Waals surface area contributed by atoms with Crippen molar-refractivity contribution < 1.29 is 0 Å². The number of nitrogens with zero attached hydrogens (tertiary/aromatic N) is 1. The van der Waals surface area contributed by atoms with Gasteiger partial charge in [0, 0.05) is 23.0 Å². The van der Waals surface area contributed by atoms with E-state index >= 15 is 0 Å². The van der Waals surface area contributed by atoms with E-state index in [0.29, 0.717) is 5.92 Å². The van der Waals surface area contributed by atoms with Crippen molar-refractivity contribution in [2.75, 3.05) is 4.90 Å². The van der Waals surface area contributed by atoms with Gasteiger partial charge in [-0.15, -0.1) is 0 Å². The molecular formula is C52H39N. The SMILES string of the molecule is C1=CC(c2ccc(N(c3ccc(-c4ccccc4)cc3)c3ccc(-c4cccc(-c5cccc6ccccc56)c4)cc3)cc2)CC=C1c1ccccc1. The summed E-state index contributed by atoms with van der Waals surface area (Å²) in [5.41, 5.74) is 14.6. The maximum Gasteiger partial charge on any atom is 0.0462 e. The molecule has 8 aromatic rings. The van der Waals surface area contributed by atoms with Crippen molar-refractivity contribution in [1.82, 2.24) is 0 Å². The molecule has 9 rings (SSSR count). The van der Waals surface area contributed by atoms with Gasteiger partial charge >= 0.3 is 0 Å². The van der Waals surface area contributed by atoms with E-state index in [1.807, 2.05) is 0 Å². The van der Waals surface area contributed by atoms with Gasteiger partial charge in [0.15, 0.2) is 0 Å². The Bertz CT molecular complexity index is 2540. The number of anilines is 3. The van der Waals surface area contributed by atoms with Crippen molar-refractivity contribution in [3.8, 4) is 33.4 Å². The second kappa shape index (κ2) is 14.5. The molecule has 0 amide bonds. The Hall–Kier alpha value is -6.70. The number of hydrogen-bond acceptors (Lipinski definition) is 1. The minimum absolute atomic E-state index is 0.360. The van der Waals surface area contributed by atoms with Crippen LogP contribution in [0.5, 0.6) is 0 Å². The minimum atomic E-state index is 0.360. The van der Waals surface area contributed by atoms with Crippen LogP contribution in [-0.2, 0) is 0 Å². The molecular weight excluding hydrogens is 639 g/mol. The zero-order valence-electron chi connectivity index (χ0n) is 29.5. The number of rotatable bonds is 8. The van der Waals surface area contributed by atoms with Gasteiger partial charge in [0.2, 0.25) is 0 Å². The maximum atomic E-state index is 2.37. The summed E-state index contributed by atoms with van der Waals surface area (Å²) in [6.07, 6.45) is 7.99. The van der Waals surface area contributed by atoms with Crippen LogP contribution < -0.4 is 4.90 Å². The van der Waals surface area contributed by atoms with Gasteiger partial charge in [0.05, 0.1) is 0 Å². The Labute approximate surface area is 312 Å². The van der Waals surface area contributed by atoms with Crippen molar-refractivity contribution in [2.24, 2.45) is 0 Å². The Kier molecular flexibility index (Phi) is 8.82. The molecule has 1 heteroatoms. The summed E-state index contributed by atoms with van der Waals surface area (Å²) in [7, 11) is 0. The first kappa shape index (κ1) is 32.2. The highest BCUT2D eigenvalue weighted by molar-refractivity contribution is 5.97. The molecule has 0 aromatic heterocycles. The Morgan fingerprint density at radius 2 is 0.906 bits per heavy atom. The number of benzene rings is 8. The number of allylic oxidation sites excluding steroid dienone is 4. The summed E-state index contributed by atoms with van der Waals surface area (Å²) in [5.74, 6) is 0.360. The molecule has 0 saturated carbocycles. The highest BCUT2D eigenvalue weighted by atomic mass is 15.1. The van der Waals surface area contributed by atoms with Crippen LogP contribution in [0.15, 0.2) is 218 Å². The van der Waals surface area contributed by atoms with E-state index in [0.717, 1.165) is 23.5 Å². The molecule has 1 aliphatic carbocycles. The molecule has 1 aliphatic rings. The van der Waals surface area contributed by atoms with Crippen molar-refractivity contribution in [3.63, 3.8) is 0 Å². The van der Waals surface area contributed by atoms with Gasteiger partial charge in [-0.2, -0.15) is 0 Å². The third-order valence-corrected chi connectivity index (χ3v) is 10.4. The molecule has 252 valence electrons. The monoisotopic (exact) mass is 677 g/mol. The zero-order valence-corrected chi connectivity index (χ0v) is 29.5. The van der Waals surface area contributed by atoms with E-state index in [2.05, 4.69) is 223 Å². The second-order valence-electron chi connectivity index (χ2n) is 13.7. The van der Waals surface area contributed by atoms with Gasteiger partial charge in [-0.3, -0.25) is 0 Å². The molecule has 53 heavy (non-hydrogen) atoms. The molecule has 0 N–H and O–H groups in total. The zero-order chi connectivity index (χ0) is 35.4.